The minimum atomic E-state index is -0.165. The van der Waals surface area contributed by atoms with Gasteiger partial charge in [0.1, 0.15) is 5.75 Å². The fourth-order valence-corrected chi connectivity index (χ4v) is 2.34. The molecular formula is C20H24N2O3. The van der Waals surface area contributed by atoms with Crippen LogP contribution in [0.2, 0.25) is 0 Å². The number of nitrogens with one attached hydrogen (secondary N) is 2. The summed E-state index contributed by atoms with van der Waals surface area (Å²) in [6, 6.07) is 16.9. The van der Waals surface area contributed by atoms with Crippen molar-refractivity contribution >= 4 is 11.8 Å². The lowest BCUT2D eigenvalue weighted by Crippen LogP contribution is -2.34. The third kappa shape index (κ3) is 6.67. The molecule has 0 aliphatic heterocycles. The third-order valence-corrected chi connectivity index (χ3v) is 3.64. The van der Waals surface area contributed by atoms with Crippen LogP contribution in [0, 0.1) is 0 Å². The van der Waals surface area contributed by atoms with E-state index in [2.05, 4.69) is 10.6 Å². The van der Waals surface area contributed by atoms with Crippen molar-refractivity contribution in [3.05, 3.63) is 65.7 Å². The first-order valence-electron chi connectivity index (χ1n) is 8.50. The van der Waals surface area contributed by atoms with E-state index in [0.717, 1.165) is 11.3 Å². The Bertz CT molecular complexity index is 669. The van der Waals surface area contributed by atoms with E-state index in [4.69, 9.17) is 4.74 Å². The molecule has 0 spiro atoms. The molecule has 25 heavy (non-hydrogen) atoms. The maximum atomic E-state index is 12.0. The van der Waals surface area contributed by atoms with Crippen LogP contribution in [0.5, 0.6) is 5.75 Å². The second-order valence-electron chi connectivity index (χ2n) is 5.55. The second kappa shape index (κ2) is 10.1. The van der Waals surface area contributed by atoms with Crippen molar-refractivity contribution in [2.45, 2.75) is 19.8 Å². The molecule has 0 aromatic heterocycles. The van der Waals surface area contributed by atoms with E-state index in [-0.39, 0.29) is 11.8 Å². The minimum absolute atomic E-state index is 0.0147. The number of amides is 2. The Labute approximate surface area is 148 Å². The summed E-state index contributed by atoms with van der Waals surface area (Å²) >= 11 is 0. The molecule has 0 atom stereocenters. The Balaban J connectivity index is 1.63. The van der Waals surface area contributed by atoms with Gasteiger partial charge in [-0.3, -0.25) is 9.59 Å². The molecular weight excluding hydrogens is 316 g/mol. The van der Waals surface area contributed by atoms with Gasteiger partial charge in [-0.2, -0.15) is 0 Å². The van der Waals surface area contributed by atoms with Crippen LogP contribution in [0.25, 0.3) is 0 Å². The summed E-state index contributed by atoms with van der Waals surface area (Å²) in [4.78, 5) is 23.8. The number of hydrogen-bond acceptors (Lipinski definition) is 3. The Morgan fingerprint density at radius 2 is 1.60 bits per heavy atom. The molecule has 0 heterocycles. The largest absolute Gasteiger partial charge is 0.494 e. The quantitative estimate of drug-likeness (QED) is 0.690. The topological polar surface area (TPSA) is 67.4 Å². The molecule has 0 radical (unpaired) electrons. The van der Waals surface area contributed by atoms with Crippen LogP contribution in [-0.4, -0.2) is 31.5 Å². The molecule has 0 aliphatic rings. The number of rotatable bonds is 9. The molecule has 0 saturated heterocycles. The molecule has 0 bridgehead atoms. The standard InChI is InChI=1S/C20H24N2O3/c1-2-25-18-11-9-17(10-12-18)20(24)22-15-14-21-19(23)13-8-16-6-4-3-5-7-16/h3-7,9-12H,2,8,13-15H2,1H3,(H,21,23)(H,22,24). The summed E-state index contributed by atoms with van der Waals surface area (Å²) < 4.78 is 5.34. The van der Waals surface area contributed by atoms with Gasteiger partial charge in [-0.15, -0.1) is 0 Å². The van der Waals surface area contributed by atoms with Gasteiger partial charge in [-0.1, -0.05) is 30.3 Å². The lowest BCUT2D eigenvalue weighted by Gasteiger charge is -2.08. The van der Waals surface area contributed by atoms with E-state index < -0.39 is 0 Å². The van der Waals surface area contributed by atoms with Crippen molar-refractivity contribution in [1.82, 2.24) is 10.6 Å². The zero-order valence-electron chi connectivity index (χ0n) is 14.5. The molecule has 0 saturated carbocycles. The molecule has 0 unspecified atom stereocenters. The predicted octanol–water partition coefficient (Wildman–Crippen LogP) is 2.56. The Morgan fingerprint density at radius 1 is 0.920 bits per heavy atom. The highest BCUT2D eigenvalue weighted by atomic mass is 16.5. The lowest BCUT2D eigenvalue weighted by molar-refractivity contribution is -0.121. The normalized spacial score (nSPS) is 10.1. The zero-order chi connectivity index (χ0) is 17.9. The van der Waals surface area contributed by atoms with Crippen molar-refractivity contribution in [1.29, 1.82) is 0 Å². The number of ether oxygens (including phenoxy) is 1. The molecule has 2 N–H and O–H groups in total. The maximum Gasteiger partial charge on any atom is 0.251 e. The van der Waals surface area contributed by atoms with Gasteiger partial charge < -0.3 is 15.4 Å². The summed E-state index contributed by atoms with van der Waals surface area (Å²) in [5.41, 5.74) is 1.71. The number of carbonyl (C=O) groups is 2. The Kier molecular flexibility index (Phi) is 7.50. The second-order valence-corrected chi connectivity index (χ2v) is 5.55. The number of hydrogen-bond donors (Lipinski definition) is 2. The maximum absolute atomic E-state index is 12.0. The average Bonchev–Trinajstić information content (AvgIpc) is 2.65. The molecule has 2 aromatic carbocycles. The van der Waals surface area contributed by atoms with Gasteiger partial charge in [0.05, 0.1) is 6.61 Å². The summed E-state index contributed by atoms with van der Waals surface area (Å²) in [5.74, 6) is 0.561. The zero-order valence-corrected chi connectivity index (χ0v) is 14.5. The van der Waals surface area contributed by atoms with Crippen LogP contribution in [0.1, 0.15) is 29.3 Å². The summed E-state index contributed by atoms with van der Waals surface area (Å²) in [7, 11) is 0. The molecule has 132 valence electrons. The van der Waals surface area contributed by atoms with Gasteiger partial charge in [0.15, 0.2) is 0 Å². The highest BCUT2D eigenvalue weighted by Crippen LogP contribution is 2.11. The first kappa shape index (κ1) is 18.5. The van der Waals surface area contributed by atoms with Crippen LogP contribution < -0.4 is 15.4 Å². The highest BCUT2D eigenvalue weighted by Gasteiger charge is 2.06. The van der Waals surface area contributed by atoms with E-state index in [0.29, 0.717) is 38.1 Å². The summed E-state index contributed by atoms with van der Waals surface area (Å²) in [5, 5.41) is 5.60. The van der Waals surface area contributed by atoms with Crippen LogP contribution in [-0.2, 0) is 11.2 Å². The van der Waals surface area contributed by atoms with Gasteiger partial charge in [0.25, 0.3) is 5.91 Å². The molecule has 2 rings (SSSR count). The number of benzene rings is 2. The van der Waals surface area contributed by atoms with Gasteiger partial charge >= 0.3 is 0 Å². The summed E-state index contributed by atoms with van der Waals surface area (Å²) in [6.07, 6.45) is 1.15. The van der Waals surface area contributed by atoms with Gasteiger partial charge in [-0.25, -0.2) is 0 Å². The van der Waals surface area contributed by atoms with E-state index in [1.165, 1.54) is 0 Å². The fraction of sp³-hybridized carbons (Fsp3) is 0.300. The monoisotopic (exact) mass is 340 g/mol. The Hall–Kier alpha value is -2.82. The molecule has 0 fully saturated rings. The minimum Gasteiger partial charge on any atom is -0.494 e. The van der Waals surface area contributed by atoms with Crippen LogP contribution in [0.15, 0.2) is 54.6 Å². The van der Waals surface area contributed by atoms with Gasteiger partial charge in [0.2, 0.25) is 5.91 Å². The lowest BCUT2D eigenvalue weighted by atomic mass is 10.1. The summed E-state index contributed by atoms with van der Waals surface area (Å²) in [6.45, 7) is 3.31. The van der Waals surface area contributed by atoms with E-state index in [1.54, 1.807) is 24.3 Å². The fourth-order valence-electron chi connectivity index (χ4n) is 2.34. The van der Waals surface area contributed by atoms with Gasteiger partial charge in [-0.05, 0) is 43.2 Å². The van der Waals surface area contributed by atoms with Gasteiger partial charge in [0, 0.05) is 25.1 Å². The van der Waals surface area contributed by atoms with Crippen molar-refractivity contribution in [3.63, 3.8) is 0 Å². The van der Waals surface area contributed by atoms with Crippen molar-refractivity contribution in [2.24, 2.45) is 0 Å². The van der Waals surface area contributed by atoms with Crippen LogP contribution in [0.3, 0.4) is 0 Å². The molecule has 5 nitrogen and oxygen atoms in total. The van der Waals surface area contributed by atoms with Crippen LogP contribution >= 0.6 is 0 Å². The molecule has 5 heteroatoms. The first-order chi connectivity index (χ1) is 12.2. The van der Waals surface area contributed by atoms with Crippen molar-refractivity contribution in [3.8, 4) is 5.75 Å². The molecule has 2 aromatic rings. The SMILES string of the molecule is CCOc1ccc(C(=O)NCCNC(=O)CCc2ccccc2)cc1. The smallest absolute Gasteiger partial charge is 0.251 e. The highest BCUT2D eigenvalue weighted by molar-refractivity contribution is 5.94. The van der Waals surface area contributed by atoms with E-state index >= 15 is 0 Å². The average molecular weight is 340 g/mol. The Morgan fingerprint density at radius 3 is 2.28 bits per heavy atom. The number of aryl methyl sites for hydroxylation is 1. The predicted molar refractivity (Wildman–Crippen MR) is 97.7 cm³/mol. The van der Waals surface area contributed by atoms with E-state index in [1.807, 2.05) is 37.3 Å². The van der Waals surface area contributed by atoms with Crippen molar-refractivity contribution in [2.75, 3.05) is 19.7 Å². The van der Waals surface area contributed by atoms with Crippen LogP contribution in [0.4, 0.5) is 0 Å². The molecule has 0 aliphatic carbocycles. The third-order valence-electron chi connectivity index (χ3n) is 3.64. The van der Waals surface area contributed by atoms with Crippen molar-refractivity contribution < 1.29 is 14.3 Å². The number of carbonyl (C=O) groups excluding carboxylic acids is 2. The molecule has 2 amide bonds. The first-order valence-corrected chi connectivity index (χ1v) is 8.50. The van der Waals surface area contributed by atoms with E-state index in [9.17, 15) is 9.59 Å².